The summed E-state index contributed by atoms with van der Waals surface area (Å²) in [5.74, 6) is -1.04. The lowest BCUT2D eigenvalue weighted by Crippen LogP contribution is -2.41. The third-order valence-electron chi connectivity index (χ3n) is 8.17. The highest BCUT2D eigenvalue weighted by atomic mass is 16.3. The van der Waals surface area contributed by atoms with Gasteiger partial charge in [-0.2, -0.15) is 0 Å². The molecular weight excluding hydrogens is 588 g/mol. The summed E-state index contributed by atoms with van der Waals surface area (Å²) in [6, 6.07) is 36.5. The second-order valence-corrected chi connectivity index (χ2v) is 12.6. The Morgan fingerprint density at radius 2 is 0.915 bits per heavy atom. The van der Waals surface area contributed by atoms with Gasteiger partial charge in [0.15, 0.2) is 0 Å². The average molecular weight is 625 g/mol. The van der Waals surface area contributed by atoms with Gasteiger partial charge in [-0.15, -0.1) is 0 Å². The van der Waals surface area contributed by atoms with Crippen LogP contribution < -0.4 is 15.6 Å². The van der Waals surface area contributed by atoms with Gasteiger partial charge in [0.2, 0.25) is 5.88 Å². The molecule has 0 spiro atoms. The number of hydrogen-bond donors (Lipinski definition) is 1. The highest BCUT2D eigenvalue weighted by molar-refractivity contribution is 6.36. The standard InChI is InChI=1S/C39H36N4O4/c1-38(2,27-32-34(44)40(28-17-9-5-10-18-28)41(35(32)45)29-19-11-6-12-20-29)25-26-39(3,4)33-36(46)42(30-21-13-7-14-22-30)43(37(33)47)31-23-15-8-16-24-31/h5-27,46H,1-4H3. The van der Waals surface area contributed by atoms with Gasteiger partial charge in [-0.05, 0) is 48.5 Å². The van der Waals surface area contributed by atoms with Crippen LogP contribution in [-0.4, -0.2) is 26.3 Å². The van der Waals surface area contributed by atoms with Crippen LogP contribution in [0.2, 0.25) is 0 Å². The van der Waals surface area contributed by atoms with Crippen molar-refractivity contribution in [3.05, 3.63) is 161 Å². The van der Waals surface area contributed by atoms with Gasteiger partial charge in [-0.3, -0.25) is 14.4 Å². The average Bonchev–Trinajstić information content (AvgIpc) is 3.49. The summed E-state index contributed by atoms with van der Waals surface area (Å²) in [5.41, 5.74) is 0.538. The molecule has 2 amide bonds. The fourth-order valence-electron chi connectivity index (χ4n) is 5.82. The molecule has 6 rings (SSSR count). The van der Waals surface area contributed by atoms with E-state index in [1.165, 1.54) is 19.4 Å². The SMILES string of the molecule is CC(C)(C=CC(C)(C)c1c(O)n(-c2ccccc2)n(-c2ccccc2)c1=O)C=C1C(=O)N(c2ccccc2)N(c2ccccc2)C1=O. The number of nitrogens with zero attached hydrogens (tertiary/aromatic N) is 4. The maximum atomic E-state index is 14.1. The second kappa shape index (κ2) is 12.1. The van der Waals surface area contributed by atoms with Crippen LogP contribution >= 0.6 is 0 Å². The number of hydrazine groups is 1. The van der Waals surface area contributed by atoms with Gasteiger partial charge in [-0.1, -0.05) is 119 Å². The summed E-state index contributed by atoms with van der Waals surface area (Å²) < 4.78 is 2.98. The quantitative estimate of drug-likeness (QED) is 0.113. The Kier molecular flexibility index (Phi) is 8.03. The van der Waals surface area contributed by atoms with Crippen molar-refractivity contribution in [3.8, 4) is 17.3 Å². The van der Waals surface area contributed by atoms with E-state index < -0.39 is 22.6 Å². The molecule has 0 atom stereocenters. The minimum absolute atomic E-state index is 0.0367. The van der Waals surface area contributed by atoms with Crippen molar-refractivity contribution in [2.24, 2.45) is 5.41 Å². The number of para-hydroxylation sites is 4. The van der Waals surface area contributed by atoms with Gasteiger partial charge >= 0.3 is 0 Å². The Hall–Kier alpha value is -5.89. The molecule has 0 unspecified atom stereocenters. The number of amides is 2. The van der Waals surface area contributed by atoms with Gasteiger partial charge in [0.25, 0.3) is 17.4 Å². The smallest absolute Gasteiger partial charge is 0.282 e. The molecule has 4 aromatic carbocycles. The largest absolute Gasteiger partial charge is 0.493 e. The van der Waals surface area contributed by atoms with Crippen molar-refractivity contribution in [1.29, 1.82) is 0 Å². The van der Waals surface area contributed by atoms with E-state index in [4.69, 9.17) is 0 Å². The normalized spacial score (nSPS) is 14.0. The van der Waals surface area contributed by atoms with Crippen LogP contribution in [0.3, 0.4) is 0 Å². The zero-order valence-electron chi connectivity index (χ0n) is 26.7. The highest BCUT2D eigenvalue weighted by Gasteiger charge is 2.43. The Balaban J connectivity index is 1.39. The van der Waals surface area contributed by atoms with Crippen molar-refractivity contribution in [2.75, 3.05) is 10.0 Å². The number of carbonyl (C=O) groups is 2. The molecule has 2 heterocycles. The maximum Gasteiger partial charge on any atom is 0.282 e. The van der Waals surface area contributed by atoms with Crippen molar-refractivity contribution in [3.63, 3.8) is 0 Å². The molecule has 0 radical (unpaired) electrons. The first-order valence-corrected chi connectivity index (χ1v) is 15.4. The van der Waals surface area contributed by atoms with Gasteiger partial charge < -0.3 is 5.11 Å². The fraction of sp³-hybridized carbons (Fsp3) is 0.154. The highest BCUT2D eigenvalue weighted by Crippen LogP contribution is 2.37. The molecule has 0 saturated carbocycles. The maximum absolute atomic E-state index is 14.1. The van der Waals surface area contributed by atoms with E-state index in [1.54, 1.807) is 30.3 Å². The number of anilines is 2. The van der Waals surface area contributed by atoms with E-state index >= 15 is 0 Å². The molecule has 1 aliphatic heterocycles. The number of aromatic hydroxyl groups is 1. The predicted octanol–water partition coefficient (Wildman–Crippen LogP) is 7.12. The molecule has 47 heavy (non-hydrogen) atoms. The Labute approximate surface area is 273 Å². The number of hydrogen-bond acceptors (Lipinski definition) is 4. The van der Waals surface area contributed by atoms with E-state index in [0.29, 0.717) is 22.7 Å². The lowest BCUT2D eigenvalue weighted by Gasteiger charge is -2.27. The molecule has 8 heteroatoms. The van der Waals surface area contributed by atoms with Crippen LogP contribution in [0.15, 0.2) is 150 Å². The number of rotatable bonds is 8. The summed E-state index contributed by atoms with van der Waals surface area (Å²) in [6.45, 7) is 7.49. The molecular formula is C39H36N4O4. The van der Waals surface area contributed by atoms with Gasteiger partial charge in [0.1, 0.15) is 5.57 Å². The summed E-state index contributed by atoms with van der Waals surface area (Å²) in [5, 5.41) is 14.4. The number of aromatic nitrogens is 2. The van der Waals surface area contributed by atoms with E-state index in [9.17, 15) is 19.5 Å². The molecule has 0 bridgehead atoms. The van der Waals surface area contributed by atoms with E-state index in [0.717, 1.165) is 0 Å². The van der Waals surface area contributed by atoms with Crippen molar-refractivity contribution < 1.29 is 14.7 Å². The van der Waals surface area contributed by atoms with Crippen LogP contribution in [0.25, 0.3) is 11.4 Å². The van der Waals surface area contributed by atoms with Gasteiger partial charge in [-0.25, -0.2) is 19.4 Å². The topological polar surface area (TPSA) is 87.8 Å². The molecule has 1 N–H and O–H groups in total. The molecule has 0 aliphatic carbocycles. The molecule has 1 aromatic heterocycles. The lowest BCUT2D eigenvalue weighted by molar-refractivity contribution is -0.116. The third kappa shape index (κ3) is 5.81. The molecule has 1 fully saturated rings. The Bertz CT molecular complexity index is 1980. The number of carbonyl (C=O) groups excluding carboxylic acids is 2. The first kappa shape index (κ1) is 31.1. The van der Waals surface area contributed by atoms with Crippen LogP contribution in [0.5, 0.6) is 5.88 Å². The van der Waals surface area contributed by atoms with Crippen LogP contribution in [0.1, 0.15) is 33.3 Å². The minimum Gasteiger partial charge on any atom is -0.493 e. The monoisotopic (exact) mass is 624 g/mol. The van der Waals surface area contributed by atoms with Crippen LogP contribution in [-0.2, 0) is 15.0 Å². The fourth-order valence-corrected chi connectivity index (χ4v) is 5.82. The first-order chi connectivity index (χ1) is 22.5. The van der Waals surface area contributed by atoms with Gasteiger partial charge in [0.05, 0.1) is 28.3 Å². The minimum atomic E-state index is -0.941. The molecule has 5 aromatic rings. The zero-order valence-corrected chi connectivity index (χ0v) is 26.7. The van der Waals surface area contributed by atoms with Crippen LogP contribution in [0.4, 0.5) is 11.4 Å². The second-order valence-electron chi connectivity index (χ2n) is 12.6. The third-order valence-corrected chi connectivity index (χ3v) is 8.17. The molecule has 1 saturated heterocycles. The zero-order chi connectivity index (χ0) is 33.3. The van der Waals surface area contributed by atoms with E-state index in [-0.39, 0.29) is 22.6 Å². The van der Waals surface area contributed by atoms with E-state index in [1.807, 2.05) is 137 Å². The molecule has 1 aliphatic rings. The summed E-state index contributed by atoms with van der Waals surface area (Å²) in [7, 11) is 0. The summed E-state index contributed by atoms with van der Waals surface area (Å²) >= 11 is 0. The Morgan fingerprint density at radius 3 is 1.34 bits per heavy atom. The van der Waals surface area contributed by atoms with Gasteiger partial charge in [0, 0.05) is 10.8 Å². The first-order valence-electron chi connectivity index (χ1n) is 15.4. The number of allylic oxidation sites excluding steroid dienone is 3. The van der Waals surface area contributed by atoms with Crippen LogP contribution in [0, 0.1) is 5.41 Å². The molecule has 8 nitrogen and oxygen atoms in total. The summed E-state index contributed by atoms with van der Waals surface area (Å²) in [6.07, 6.45) is 5.38. The molecule has 236 valence electrons. The van der Waals surface area contributed by atoms with E-state index in [2.05, 4.69) is 0 Å². The summed E-state index contributed by atoms with van der Waals surface area (Å²) in [4.78, 5) is 41.9. The van der Waals surface area contributed by atoms with Crippen molar-refractivity contribution in [2.45, 2.75) is 33.1 Å². The predicted molar refractivity (Wildman–Crippen MR) is 185 cm³/mol. The number of benzene rings is 4. The van der Waals surface area contributed by atoms with Crippen molar-refractivity contribution >= 4 is 23.2 Å². The lowest BCUT2D eigenvalue weighted by atomic mass is 9.81. The van der Waals surface area contributed by atoms with Crippen molar-refractivity contribution in [1.82, 2.24) is 9.36 Å². The Morgan fingerprint density at radius 1 is 0.532 bits per heavy atom.